The maximum Gasteiger partial charge on any atom is 0.119 e. The van der Waals surface area contributed by atoms with Crippen molar-refractivity contribution in [3.63, 3.8) is 0 Å². The molecule has 0 fully saturated rings. The summed E-state index contributed by atoms with van der Waals surface area (Å²) in [7, 11) is 5.34. The summed E-state index contributed by atoms with van der Waals surface area (Å²) in [6.45, 7) is 6.35. The predicted octanol–water partition coefficient (Wildman–Crippen LogP) is 4.04. The summed E-state index contributed by atoms with van der Waals surface area (Å²) in [5, 5.41) is 0. The van der Waals surface area contributed by atoms with Crippen LogP contribution in [0.15, 0.2) is 24.3 Å². The van der Waals surface area contributed by atoms with Gasteiger partial charge >= 0.3 is 0 Å². The third-order valence-electron chi connectivity index (χ3n) is 3.39. The van der Waals surface area contributed by atoms with Crippen molar-refractivity contribution in [2.75, 3.05) is 19.8 Å². The molecule has 0 N–H and O–H groups in total. The van der Waals surface area contributed by atoms with Gasteiger partial charge in [-0.15, -0.1) is 0 Å². The molecule has 2 nitrogen and oxygen atoms in total. The van der Waals surface area contributed by atoms with Crippen LogP contribution in [0.5, 0.6) is 5.75 Å². The molecule has 0 saturated heterocycles. The van der Waals surface area contributed by atoms with Crippen LogP contribution < -0.4 is 4.74 Å². The molecule has 0 saturated carbocycles. The van der Waals surface area contributed by atoms with Crippen molar-refractivity contribution in [2.45, 2.75) is 45.9 Å². The zero-order valence-electron chi connectivity index (χ0n) is 12.9. The van der Waals surface area contributed by atoms with Gasteiger partial charge in [0.2, 0.25) is 0 Å². The van der Waals surface area contributed by atoms with Crippen LogP contribution in [0, 0.1) is 5.92 Å². The van der Waals surface area contributed by atoms with Crippen LogP contribution >= 0.6 is 0 Å². The molecule has 1 aromatic rings. The van der Waals surface area contributed by atoms with Gasteiger partial charge in [-0.2, -0.15) is 0 Å². The van der Waals surface area contributed by atoms with Crippen molar-refractivity contribution in [1.82, 2.24) is 0 Å². The van der Waals surface area contributed by atoms with Crippen molar-refractivity contribution < 1.29 is 9.47 Å². The molecular formula is C17H27BO2. The predicted molar refractivity (Wildman–Crippen MR) is 85.7 cm³/mol. The Bertz CT molecular complexity index is 337. The van der Waals surface area contributed by atoms with Crippen LogP contribution in [0.2, 0.25) is 6.32 Å². The summed E-state index contributed by atoms with van der Waals surface area (Å²) < 4.78 is 10.9. The molecule has 1 unspecified atom stereocenters. The fourth-order valence-corrected chi connectivity index (χ4v) is 2.21. The Morgan fingerprint density at radius 2 is 1.80 bits per heavy atom. The summed E-state index contributed by atoms with van der Waals surface area (Å²) in [4.78, 5) is 0. The highest BCUT2D eigenvalue weighted by atomic mass is 16.5. The van der Waals surface area contributed by atoms with E-state index in [0.29, 0.717) is 26.1 Å². The van der Waals surface area contributed by atoms with E-state index in [1.165, 1.54) is 24.8 Å². The minimum Gasteiger partial charge on any atom is -0.491 e. The Kier molecular flexibility index (Phi) is 9.22. The van der Waals surface area contributed by atoms with E-state index in [-0.39, 0.29) is 0 Å². The minimum absolute atomic E-state index is 0.561. The number of ether oxygens (including phenoxy) is 2. The van der Waals surface area contributed by atoms with Crippen molar-refractivity contribution in [2.24, 2.45) is 5.92 Å². The van der Waals surface area contributed by atoms with Gasteiger partial charge in [0.05, 0.1) is 14.5 Å². The number of benzene rings is 1. The van der Waals surface area contributed by atoms with E-state index in [1.54, 1.807) is 0 Å². The average Bonchev–Trinajstić information content (AvgIpc) is 2.46. The normalized spacial score (nSPS) is 12.3. The fraction of sp³-hybridized carbons (Fsp3) is 0.647. The molecule has 0 aromatic heterocycles. The Morgan fingerprint density at radius 3 is 2.45 bits per heavy atom. The van der Waals surface area contributed by atoms with Gasteiger partial charge in [0.1, 0.15) is 12.4 Å². The lowest BCUT2D eigenvalue weighted by atomic mass is 9.97. The number of rotatable bonds is 11. The van der Waals surface area contributed by atoms with Crippen LogP contribution in [0.25, 0.3) is 0 Å². The van der Waals surface area contributed by atoms with Crippen molar-refractivity contribution in [3.05, 3.63) is 29.8 Å². The second-order valence-electron chi connectivity index (χ2n) is 5.33. The molecule has 0 spiro atoms. The molecule has 0 bridgehead atoms. The molecule has 1 rings (SSSR count). The largest absolute Gasteiger partial charge is 0.491 e. The smallest absolute Gasteiger partial charge is 0.119 e. The van der Waals surface area contributed by atoms with Gasteiger partial charge in [0.15, 0.2) is 0 Å². The number of aryl methyl sites for hydroxylation is 1. The highest BCUT2D eigenvalue weighted by Gasteiger charge is 2.02. The Labute approximate surface area is 125 Å². The van der Waals surface area contributed by atoms with Gasteiger partial charge in [-0.05, 0) is 36.5 Å². The summed E-state index contributed by atoms with van der Waals surface area (Å²) >= 11 is 0. The second kappa shape index (κ2) is 10.8. The molecule has 2 radical (unpaired) electrons. The van der Waals surface area contributed by atoms with Gasteiger partial charge < -0.3 is 9.47 Å². The third-order valence-corrected chi connectivity index (χ3v) is 3.39. The third kappa shape index (κ3) is 7.59. The molecule has 1 aromatic carbocycles. The SMILES string of the molecule is [B]CCOCCOc1ccc(CCC(C)CCC)cc1. The van der Waals surface area contributed by atoms with E-state index in [0.717, 1.165) is 18.1 Å². The second-order valence-corrected chi connectivity index (χ2v) is 5.33. The first kappa shape index (κ1) is 17.1. The van der Waals surface area contributed by atoms with E-state index in [1.807, 2.05) is 12.1 Å². The van der Waals surface area contributed by atoms with Gasteiger partial charge in [-0.1, -0.05) is 45.1 Å². The summed E-state index contributed by atoms with van der Waals surface area (Å²) in [6, 6.07) is 8.41. The van der Waals surface area contributed by atoms with E-state index in [9.17, 15) is 0 Å². The molecule has 0 aliphatic carbocycles. The molecule has 0 aliphatic rings. The molecule has 3 heteroatoms. The highest BCUT2D eigenvalue weighted by Crippen LogP contribution is 2.17. The van der Waals surface area contributed by atoms with E-state index in [4.69, 9.17) is 17.3 Å². The van der Waals surface area contributed by atoms with Crippen molar-refractivity contribution >= 4 is 7.85 Å². The zero-order chi connectivity index (χ0) is 14.6. The molecule has 0 amide bonds. The Balaban J connectivity index is 2.22. The average molecular weight is 274 g/mol. The Morgan fingerprint density at radius 1 is 1.05 bits per heavy atom. The topological polar surface area (TPSA) is 18.5 Å². The van der Waals surface area contributed by atoms with Gasteiger partial charge in [-0.25, -0.2) is 0 Å². The standard InChI is InChI=1S/C17H27BO2/c1-3-4-15(2)5-6-16-7-9-17(10-8-16)20-14-13-19-12-11-18/h7-10,15H,3-6,11-14H2,1-2H3. The first-order valence-electron chi connectivity index (χ1n) is 7.75. The molecule has 0 heterocycles. The summed E-state index contributed by atoms with van der Waals surface area (Å²) in [5.74, 6) is 1.72. The van der Waals surface area contributed by atoms with E-state index >= 15 is 0 Å². The molecule has 0 aliphatic heterocycles. The first-order valence-corrected chi connectivity index (χ1v) is 7.75. The quantitative estimate of drug-likeness (QED) is 0.448. The zero-order valence-corrected chi connectivity index (χ0v) is 12.9. The Hall–Kier alpha value is -0.955. The number of hydrogen-bond acceptors (Lipinski definition) is 2. The lowest BCUT2D eigenvalue weighted by molar-refractivity contribution is 0.110. The van der Waals surface area contributed by atoms with Crippen molar-refractivity contribution in [1.29, 1.82) is 0 Å². The fourth-order valence-electron chi connectivity index (χ4n) is 2.21. The lowest BCUT2D eigenvalue weighted by Gasteiger charge is -2.10. The van der Waals surface area contributed by atoms with Gasteiger partial charge in [0.25, 0.3) is 0 Å². The van der Waals surface area contributed by atoms with Crippen molar-refractivity contribution in [3.8, 4) is 5.75 Å². The maximum atomic E-state index is 5.61. The van der Waals surface area contributed by atoms with Crippen LogP contribution in [0.4, 0.5) is 0 Å². The van der Waals surface area contributed by atoms with E-state index in [2.05, 4.69) is 26.0 Å². The monoisotopic (exact) mass is 274 g/mol. The molecule has 1 atom stereocenters. The van der Waals surface area contributed by atoms with Gasteiger partial charge in [-0.3, -0.25) is 0 Å². The van der Waals surface area contributed by atoms with Crippen LogP contribution in [-0.2, 0) is 11.2 Å². The van der Waals surface area contributed by atoms with Crippen LogP contribution in [-0.4, -0.2) is 27.7 Å². The number of hydrogen-bond donors (Lipinski definition) is 0. The maximum absolute atomic E-state index is 5.61. The molecule has 20 heavy (non-hydrogen) atoms. The lowest BCUT2D eigenvalue weighted by Crippen LogP contribution is -2.07. The minimum atomic E-state index is 0.561. The van der Waals surface area contributed by atoms with E-state index < -0.39 is 0 Å². The van der Waals surface area contributed by atoms with Crippen LogP contribution in [0.1, 0.15) is 38.7 Å². The van der Waals surface area contributed by atoms with Gasteiger partial charge in [0, 0.05) is 6.61 Å². The highest BCUT2D eigenvalue weighted by molar-refractivity contribution is 6.08. The van der Waals surface area contributed by atoms with Crippen LogP contribution in [0.3, 0.4) is 0 Å². The molecule has 110 valence electrons. The first-order chi connectivity index (χ1) is 9.76. The summed E-state index contributed by atoms with van der Waals surface area (Å²) in [6.07, 6.45) is 5.58. The summed E-state index contributed by atoms with van der Waals surface area (Å²) in [5.41, 5.74) is 1.39. The molecular weight excluding hydrogens is 247 g/mol.